The van der Waals surface area contributed by atoms with Gasteiger partial charge < -0.3 is 15.6 Å². The molecule has 0 radical (unpaired) electrons. The van der Waals surface area contributed by atoms with Crippen LogP contribution >= 0.6 is 11.6 Å². The van der Waals surface area contributed by atoms with E-state index in [-0.39, 0.29) is 18.4 Å². The molecule has 0 aliphatic heterocycles. The molecule has 0 fully saturated rings. The lowest BCUT2D eigenvalue weighted by atomic mass is 10.2. The van der Waals surface area contributed by atoms with Crippen molar-refractivity contribution in [3.8, 4) is 0 Å². The summed E-state index contributed by atoms with van der Waals surface area (Å²) in [5.41, 5.74) is 0.461. The van der Waals surface area contributed by atoms with Crippen molar-refractivity contribution in [1.29, 1.82) is 0 Å². The Labute approximate surface area is 126 Å². The maximum atomic E-state index is 11.8. The van der Waals surface area contributed by atoms with Gasteiger partial charge in [0.2, 0.25) is 5.91 Å². The van der Waals surface area contributed by atoms with Crippen molar-refractivity contribution in [1.82, 2.24) is 20.6 Å². The fourth-order valence-electron chi connectivity index (χ4n) is 1.68. The summed E-state index contributed by atoms with van der Waals surface area (Å²) in [4.78, 5) is 30.3. The Kier molecular flexibility index (Phi) is 5.34. The molecule has 1 heterocycles. The Morgan fingerprint density at radius 1 is 1.19 bits per heavy atom. The molecular formula is C14H15ClN4O2. The van der Waals surface area contributed by atoms with Crippen LogP contribution in [0.4, 0.5) is 0 Å². The number of benzene rings is 1. The first kappa shape index (κ1) is 15.1. The first-order valence-corrected chi connectivity index (χ1v) is 6.81. The Bertz CT molecular complexity index is 596. The molecule has 2 amide bonds. The molecule has 2 rings (SSSR count). The van der Waals surface area contributed by atoms with E-state index in [9.17, 15) is 9.59 Å². The summed E-state index contributed by atoms with van der Waals surface area (Å²) in [6.07, 6.45) is 4.00. The third-order valence-electron chi connectivity index (χ3n) is 2.75. The van der Waals surface area contributed by atoms with E-state index in [1.807, 2.05) is 0 Å². The van der Waals surface area contributed by atoms with Gasteiger partial charge in [-0.25, -0.2) is 4.98 Å². The third kappa shape index (κ3) is 4.92. The van der Waals surface area contributed by atoms with Crippen molar-refractivity contribution < 1.29 is 9.59 Å². The van der Waals surface area contributed by atoms with E-state index in [2.05, 4.69) is 20.6 Å². The van der Waals surface area contributed by atoms with E-state index in [4.69, 9.17) is 11.6 Å². The second kappa shape index (κ2) is 7.44. The second-order valence-corrected chi connectivity index (χ2v) is 4.76. The minimum Gasteiger partial charge on any atom is -0.354 e. The molecule has 0 spiro atoms. The van der Waals surface area contributed by atoms with Gasteiger partial charge in [-0.15, -0.1) is 0 Å². The molecule has 7 heteroatoms. The number of carbonyl (C=O) groups excluding carboxylic acids is 2. The minimum atomic E-state index is -0.312. The van der Waals surface area contributed by atoms with Gasteiger partial charge in [0.25, 0.3) is 5.91 Å². The third-order valence-corrected chi connectivity index (χ3v) is 3.01. The van der Waals surface area contributed by atoms with E-state index in [0.29, 0.717) is 23.6 Å². The van der Waals surface area contributed by atoms with Crippen LogP contribution in [0.5, 0.6) is 0 Å². The van der Waals surface area contributed by atoms with Crippen molar-refractivity contribution in [3.05, 3.63) is 53.1 Å². The number of H-pyrrole nitrogens is 1. The number of halogens is 1. The van der Waals surface area contributed by atoms with E-state index in [1.165, 1.54) is 0 Å². The van der Waals surface area contributed by atoms with Gasteiger partial charge in [0.15, 0.2) is 0 Å². The molecule has 1 aromatic heterocycles. The number of hydrogen-bond donors (Lipinski definition) is 3. The largest absolute Gasteiger partial charge is 0.354 e. The Morgan fingerprint density at radius 3 is 2.62 bits per heavy atom. The van der Waals surface area contributed by atoms with E-state index < -0.39 is 0 Å². The maximum Gasteiger partial charge on any atom is 0.251 e. The molecule has 6 nitrogen and oxygen atoms in total. The van der Waals surface area contributed by atoms with Crippen molar-refractivity contribution in [2.24, 2.45) is 0 Å². The van der Waals surface area contributed by atoms with Crippen molar-refractivity contribution in [2.45, 2.75) is 6.42 Å². The summed E-state index contributed by atoms with van der Waals surface area (Å²) in [7, 11) is 0. The number of nitrogens with zero attached hydrogens (tertiary/aromatic N) is 1. The summed E-state index contributed by atoms with van der Waals surface area (Å²) in [5.74, 6) is 0.247. The number of amides is 2. The average molecular weight is 307 g/mol. The Balaban J connectivity index is 1.68. The highest BCUT2D eigenvalue weighted by Crippen LogP contribution is 2.09. The maximum absolute atomic E-state index is 11.8. The molecule has 0 aliphatic rings. The molecule has 0 atom stereocenters. The number of imidazole rings is 1. The highest BCUT2D eigenvalue weighted by molar-refractivity contribution is 6.30. The molecular weight excluding hydrogens is 292 g/mol. The van der Waals surface area contributed by atoms with Gasteiger partial charge in [0.1, 0.15) is 5.82 Å². The van der Waals surface area contributed by atoms with Crippen molar-refractivity contribution in [2.75, 3.05) is 13.1 Å². The molecule has 0 aliphatic carbocycles. The average Bonchev–Trinajstić information content (AvgIpc) is 2.99. The van der Waals surface area contributed by atoms with E-state index in [0.717, 1.165) is 5.82 Å². The fraction of sp³-hybridized carbons (Fsp3) is 0.214. The molecule has 0 bridgehead atoms. The predicted octanol–water partition coefficient (Wildman–Crippen LogP) is 1.15. The Morgan fingerprint density at radius 2 is 1.95 bits per heavy atom. The summed E-state index contributed by atoms with van der Waals surface area (Å²) in [6, 6.07) is 6.46. The summed E-state index contributed by atoms with van der Waals surface area (Å²) in [5, 5.41) is 5.80. The van der Waals surface area contributed by atoms with Crippen molar-refractivity contribution in [3.63, 3.8) is 0 Å². The lowest BCUT2D eigenvalue weighted by Crippen LogP contribution is -2.37. The normalized spacial score (nSPS) is 10.1. The van der Waals surface area contributed by atoms with Crippen LogP contribution in [0.2, 0.25) is 5.02 Å². The van der Waals surface area contributed by atoms with Crippen LogP contribution in [0, 0.1) is 0 Å². The van der Waals surface area contributed by atoms with Gasteiger partial charge in [-0.1, -0.05) is 11.6 Å². The zero-order valence-corrected chi connectivity index (χ0v) is 12.0. The van der Waals surface area contributed by atoms with Gasteiger partial charge in [-0.3, -0.25) is 9.59 Å². The van der Waals surface area contributed by atoms with Gasteiger partial charge >= 0.3 is 0 Å². The standard InChI is InChI=1S/C14H15ClN4O2/c15-11-3-1-10(2-4-11)14(21)19-9-13(20)18-6-5-12-16-7-8-17-12/h1-4,7-8H,5-6,9H2,(H,16,17)(H,18,20)(H,19,21). The number of hydrogen-bond acceptors (Lipinski definition) is 3. The van der Waals surface area contributed by atoms with E-state index in [1.54, 1.807) is 36.7 Å². The van der Waals surface area contributed by atoms with Gasteiger partial charge in [0, 0.05) is 35.9 Å². The van der Waals surface area contributed by atoms with Crippen LogP contribution in [0.3, 0.4) is 0 Å². The molecule has 21 heavy (non-hydrogen) atoms. The number of aromatic nitrogens is 2. The lowest BCUT2D eigenvalue weighted by Gasteiger charge is -2.06. The fourth-order valence-corrected chi connectivity index (χ4v) is 1.81. The van der Waals surface area contributed by atoms with Gasteiger partial charge in [0.05, 0.1) is 6.54 Å². The monoisotopic (exact) mass is 306 g/mol. The molecule has 1 aromatic carbocycles. The first-order chi connectivity index (χ1) is 10.1. The smallest absolute Gasteiger partial charge is 0.251 e. The quantitative estimate of drug-likeness (QED) is 0.748. The number of rotatable bonds is 6. The summed E-state index contributed by atoms with van der Waals surface area (Å²) in [6.45, 7) is 0.392. The highest BCUT2D eigenvalue weighted by atomic mass is 35.5. The minimum absolute atomic E-state index is 0.0698. The number of carbonyl (C=O) groups is 2. The van der Waals surface area contributed by atoms with E-state index >= 15 is 0 Å². The van der Waals surface area contributed by atoms with Gasteiger partial charge in [-0.2, -0.15) is 0 Å². The topological polar surface area (TPSA) is 86.9 Å². The van der Waals surface area contributed by atoms with Crippen LogP contribution < -0.4 is 10.6 Å². The SMILES string of the molecule is O=C(CNC(=O)c1ccc(Cl)cc1)NCCc1ncc[nH]1. The molecule has 0 saturated heterocycles. The molecule has 2 aromatic rings. The molecule has 110 valence electrons. The van der Waals surface area contributed by atoms with Crippen LogP contribution in [0.25, 0.3) is 0 Å². The predicted molar refractivity (Wildman–Crippen MR) is 79.1 cm³/mol. The summed E-state index contributed by atoms with van der Waals surface area (Å²) < 4.78 is 0. The van der Waals surface area contributed by atoms with Crippen LogP contribution in [0.15, 0.2) is 36.7 Å². The highest BCUT2D eigenvalue weighted by Gasteiger charge is 2.07. The zero-order chi connectivity index (χ0) is 15.1. The molecule has 3 N–H and O–H groups in total. The van der Waals surface area contributed by atoms with Crippen LogP contribution in [-0.4, -0.2) is 34.9 Å². The Hall–Kier alpha value is -2.34. The second-order valence-electron chi connectivity index (χ2n) is 4.33. The molecule has 0 saturated carbocycles. The number of nitrogens with one attached hydrogen (secondary N) is 3. The lowest BCUT2D eigenvalue weighted by molar-refractivity contribution is -0.120. The zero-order valence-electron chi connectivity index (χ0n) is 11.2. The van der Waals surface area contributed by atoms with Crippen LogP contribution in [-0.2, 0) is 11.2 Å². The molecule has 0 unspecified atom stereocenters. The van der Waals surface area contributed by atoms with Crippen LogP contribution in [0.1, 0.15) is 16.2 Å². The number of aromatic amines is 1. The van der Waals surface area contributed by atoms with Gasteiger partial charge in [-0.05, 0) is 24.3 Å². The first-order valence-electron chi connectivity index (χ1n) is 6.44. The van der Waals surface area contributed by atoms with Crippen molar-refractivity contribution >= 4 is 23.4 Å². The summed E-state index contributed by atoms with van der Waals surface area (Å²) >= 11 is 5.74.